The lowest BCUT2D eigenvalue weighted by Crippen LogP contribution is -2.31. The maximum atomic E-state index is 13.4. The number of ether oxygens (including phenoxy) is 1. The fourth-order valence-electron chi connectivity index (χ4n) is 3.22. The third-order valence-electron chi connectivity index (χ3n) is 4.95. The van der Waals surface area contributed by atoms with Gasteiger partial charge in [0.2, 0.25) is 11.2 Å². The highest BCUT2D eigenvalue weighted by molar-refractivity contribution is 6.33. The molecular weight excluding hydrogens is 449 g/mol. The smallest absolute Gasteiger partial charge is 0.265 e. The van der Waals surface area contributed by atoms with Gasteiger partial charge in [-0.1, -0.05) is 53.5 Å². The Morgan fingerprint density at radius 3 is 2.41 bits per heavy atom. The predicted octanol–water partition coefficient (Wildman–Crippen LogP) is 6.48. The Labute approximate surface area is 194 Å². The van der Waals surface area contributed by atoms with Gasteiger partial charge in [-0.15, -0.1) is 0 Å². The van der Waals surface area contributed by atoms with Crippen LogP contribution in [0.25, 0.3) is 22.3 Å². The highest BCUT2D eigenvalue weighted by Crippen LogP contribution is 2.36. The van der Waals surface area contributed by atoms with Crippen molar-refractivity contribution in [1.29, 1.82) is 0 Å². The van der Waals surface area contributed by atoms with Gasteiger partial charge in [0.15, 0.2) is 11.9 Å². The van der Waals surface area contributed by atoms with E-state index in [1.807, 2.05) is 13.0 Å². The minimum atomic E-state index is -0.988. The molecule has 0 fully saturated rings. The van der Waals surface area contributed by atoms with Crippen molar-refractivity contribution in [3.05, 3.63) is 92.6 Å². The average Bonchev–Trinajstić information content (AvgIpc) is 2.78. The molecule has 5 nitrogen and oxygen atoms in total. The molecule has 1 heterocycles. The van der Waals surface area contributed by atoms with Gasteiger partial charge in [-0.3, -0.25) is 9.59 Å². The number of amides is 1. The Morgan fingerprint density at radius 1 is 1.00 bits per heavy atom. The largest absolute Gasteiger partial charge is 0.473 e. The van der Waals surface area contributed by atoms with E-state index < -0.39 is 17.4 Å². The van der Waals surface area contributed by atoms with Gasteiger partial charge in [-0.25, -0.2) is 0 Å². The average molecular weight is 468 g/mol. The molecular formula is C25H19Cl2NO4. The number of hydrogen-bond donors (Lipinski definition) is 1. The van der Waals surface area contributed by atoms with Crippen LogP contribution in [0.4, 0.5) is 5.69 Å². The van der Waals surface area contributed by atoms with Crippen molar-refractivity contribution >= 4 is 45.8 Å². The number of nitrogens with one attached hydrogen (secondary N) is 1. The number of hydrogen-bond acceptors (Lipinski definition) is 4. The summed E-state index contributed by atoms with van der Waals surface area (Å²) < 4.78 is 12.0. The predicted molar refractivity (Wildman–Crippen MR) is 128 cm³/mol. The number of carbonyl (C=O) groups is 1. The highest BCUT2D eigenvalue weighted by atomic mass is 35.5. The molecule has 1 N–H and O–H groups in total. The van der Waals surface area contributed by atoms with E-state index in [-0.39, 0.29) is 16.9 Å². The van der Waals surface area contributed by atoms with E-state index in [0.29, 0.717) is 26.9 Å². The zero-order valence-corrected chi connectivity index (χ0v) is 18.8. The molecule has 0 aliphatic carbocycles. The molecule has 3 aromatic carbocycles. The monoisotopic (exact) mass is 467 g/mol. The molecule has 0 bridgehead atoms. The van der Waals surface area contributed by atoms with Crippen LogP contribution in [0, 0.1) is 6.92 Å². The highest BCUT2D eigenvalue weighted by Gasteiger charge is 2.24. The molecule has 1 aromatic heterocycles. The first-order valence-electron chi connectivity index (χ1n) is 9.89. The van der Waals surface area contributed by atoms with Crippen LogP contribution in [-0.4, -0.2) is 12.0 Å². The summed E-state index contributed by atoms with van der Waals surface area (Å²) in [6.07, 6.45) is -0.988. The van der Waals surface area contributed by atoms with Crippen LogP contribution in [0.3, 0.4) is 0 Å². The summed E-state index contributed by atoms with van der Waals surface area (Å²) in [6.45, 7) is 3.37. The van der Waals surface area contributed by atoms with E-state index in [9.17, 15) is 9.59 Å². The van der Waals surface area contributed by atoms with Gasteiger partial charge in [-0.2, -0.15) is 0 Å². The molecule has 0 radical (unpaired) electrons. The normalized spacial score (nSPS) is 11.9. The van der Waals surface area contributed by atoms with E-state index in [2.05, 4.69) is 5.32 Å². The van der Waals surface area contributed by atoms with Crippen molar-refractivity contribution in [1.82, 2.24) is 0 Å². The number of fused-ring (bicyclic) bond motifs is 1. The summed E-state index contributed by atoms with van der Waals surface area (Å²) in [4.78, 5) is 26.1. The lowest BCUT2D eigenvalue weighted by atomic mass is 10.1. The third kappa shape index (κ3) is 4.35. The summed E-state index contributed by atoms with van der Waals surface area (Å²) in [7, 11) is 0. The van der Waals surface area contributed by atoms with E-state index in [0.717, 1.165) is 5.56 Å². The van der Waals surface area contributed by atoms with Crippen LogP contribution >= 0.6 is 23.2 Å². The van der Waals surface area contributed by atoms with E-state index in [1.165, 1.54) is 6.07 Å². The maximum absolute atomic E-state index is 13.4. The third-order valence-corrected chi connectivity index (χ3v) is 5.69. The first kappa shape index (κ1) is 21.9. The lowest BCUT2D eigenvalue weighted by Gasteiger charge is -2.17. The van der Waals surface area contributed by atoms with Crippen LogP contribution in [0.15, 0.2) is 75.9 Å². The Balaban J connectivity index is 1.81. The summed E-state index contributed by atoms with van der Waals surface area (Å²) in [5.74, 6) is -0.377. The molecule has 4 rings (SSSR count). The zero-order valence-electron chi connectivity index (χ0n) is 17.3. The molecule has 1 unspecified atom stereocenters. The Morgan fingerprint density at radius 2 is 1.69 bits per heavy atom. The second-order valence-corrected chi connectivity index (χ2v) is 8.10. The van der Waals surface area contributed by atoms with Gasteiger partial charge in [-0.05, 0) is 55.8 Å². The minimum absolute atomic E-state index is 0.110. The van der Waals surface area contributed by atoms with Crippen LogP contribution in [0.5, 0.6) is 5.75 Å². The first-order chi connectivity index (χ1) is 15.3. The molecule has 1 amide bonds. The van der Waals surface area contributed by atoms with Crippen LogP contribution in [-0.2, 0) is 4.79 Å². The van der Waals surface area contributed by atoms with Crippen molar-refractivity contribution in [2.24, 2.45) is 0 Å². The van der Waals surface area contributed by atoms with E-state index in [4.69, 9.17) is 32.4 Å². The molecule has 7 heteroatoms. The standard InChI is InChI=1S/C25H19Cl2NO4/c1-14-12-21-18(13-20(14)27)22(29)24(23(32-21)17-10-6-7-11-19(17)26)31-15(2)25(30)28-16-8-4-3-5-9-16/h3-13,15H,1-2H3,(H,28,30). The number of rotatable bonds is 5. The molecule has 0 saturated heterocycles. The van der Waals surface area contributed by atoms with Crippen LogP contribution in [0.1, 0.15) is 12.5 Å². The number of carbonyl (C=O) groups excluding carboxylic acids is 1. The molecule has 162 valence electrons. The second-order valence-electron chi connectivity index (χ2n) is 7.28. The summed E-state index contributed by atoms with van der Waals surface area (Å²) in [5.41, 5.74) is 1.76. The summed E-state index contributed by atoms with van der Waals surface area (Å²) >= 11 is 12.6. The molecule has 4 aromatic rings. The Bertz CT molecular complexity index is 1370. The van der Waals surface area contributed by atoms with Crippen molar-refractivity contribution < 1.29 is 13.9 Å². The van der Waals surface area contributed by atoms with Crippen molar-refractivity contribution in [3.8, 4) is 17.1 Å². The van der Waals surface area contributed by atoms with E-state index >= 15 is 0 Å². The van der Waals surface area contributed by atoms with Crippen molar-refractivity contribution in [3.63, 3.8) is 0 Å². The van der Waals surface area contributed by atoms with Gasteiger partial charge >= 0.3 is 0 Å². The maximum Gasteiger partial charge on any atom is 0.265 e. The van der Waals surface area contributed by atoms with Gasteiger partial charge in [0, 0.05) is 16.3 Å². The Hall–Kier alpha value is -3.28. The number of aryl methyl sites for hydroxylation is 1. The molecule has 1 atom stereocenters. The van der Waals surface area contributed by atoms with E-state index in [1.54, 1.807) is 61.5 Å². The summed E-state index contributed by atoms with van der Waals surface area (Å²) in [6, 6.07) is 19.1. The van der Waals surface area contributed by atoms with Gasteiger partial charge in [0.05, 0.1) is 10.4 Å². The van der Waals surface area contributed by atoms with Crippen LogP contribution in [0.2, 0.25) is 10.0 Å². The zero-order chi connectivity index (χ0) is 22.8. The van der Waals surface area contributed by atoms with Gasteiger partial charge in [0.1, 0.15) is 5.58 Å². The molecule has 0 aliphatic rings. The van der Waals surface area contributed by atoms with Gasteiger partial charge in [0.25, 0.3) is 5.91 Å². The minimum Gasteiger partial charge on any atom is -0.473 e. The second kappa shape index (κ2) is 9.07. The molecule has 0 spiro atoms. The SMILES string of the molecule is Cc1cc2oc(-c3ccccc3Cl)c(OC(C)C(=O)Nc3ccccc3)c(=O)c2cc1Cl. The molecule has 32 heavy (non-hydrogen) atoms. The molecule has 0 aliphatic heterocycles. The fourth-order valence-corrected chi connectivity index (χ4v) is 3.61. The topological polar surface area (TPSA) is 68.5 Å². The fraction of sp³-hybridized carbons (Fsp3) is 0.120. The number of para-hydroxylation sites is 1. The number of benzene rings is 3. The first-order valence-corrected chi connectivity index (χ1v) is 10.6. The van der Waals surface area contributed by atoms with Crippen molar-refractivity contribution in [2.75, 3.05) is 5.32 Å². The molecule has 0 saturated carbocycles. The lowest BCUT2D eigenvalue weighted by molar-refractivity contribution is -0.122. The summed E-state index contributed by atoms with van der Waals surface area (Å²) in [5, 5.41) is 3.82. The van der Waals surface area contributed by atoms with Gasteiger partial charge < -0.3 is 14.5 Å². The number of anilines is 1. The quantitative estimate of drug-likeness (QED) is 0.364. The Kier molecular flexibility index (Phi) is 6.21. The van der Waals surface area contributed by atoms with Crippen molar-refractivity contribution in [2.45, 2.75) is 20.0 Å². The number of halogens is 2. The van der Waals surface area contributed by atoms with Crippen LogP contribution < -0.4 is 15.5 Å².